The molecule has 0 aromatic rings. The third-order valence-corrected chi connectivity index (χ3v) is 3.14. The molecule has 1 rings (SSSR count). The highest BCUT2D eigenvalue weighted by atomic mass is 15.0. The third kappa shape index (κ3) is 4.55. The van der Waals surface area contributed by atoms with E-state index in [9.17, 15) is 0 Å². The van der Waals surface area contributed by atoms with Gasteiger partial charge in [-0.2, -0.15) is 0 Å². The van der Waals surface area contributed by atoms with Gasteiger partial charge in [-0.05, 0) is 44.9 Å². The van der Waals surface area contributed by atoms with Gasteiger partial charge in [-0.3, -0.25) is 4.99 Å². The predicted molar refractivity (Wildman–Crippen MR) is 78.4 cm³/mol. The molecule has 4 heteroatoms. The topological polar surface area (TPSA) is 74.3 Å². The monoisotopic (exact) mass is 248 g/mol. The largest absolute Gasteiger partial charge is 0.326 e. The van der Waals surface area contributed by atoms with Crippen molar-refractivity contribution in [1.29, 1.82) is 5.41 Å². The van der Waals surface area contributed by atoms with Gasteiger partial charge >= 0.3 is 0 Å². The predicted octanol–water partition coefficient (Wildman–Crippen LogP) is 2.03. The Labute approximate surface area is 110 Å². The molecule has 100 valence electrons. The lowest BCUT2D eigenvalue weighted by molar-refractivity contribution is 0.357. The van der Waals surface area contributed by atoms with E-state index >= 15 is 0 Å². The van der Waals surface area contributed by atoms with Gasteiger partial charge in [0.05, 0.1) is 5.70 Å². The van der Waals surface area contributed by atoms with Crippen LogP contribution < -0.4 is 11.1 Å². The van der Waals surface area contributed by atoms with E-state index in [-0.39, 0.29) is 6.04 Å². The van der Waals surface area contributed by atoms with Gasteiger partial charge in [-0.25, -0.2) is 0 Å². The van der Waals surface area contributed by atoms with Crippen LogP contribution in [-0.2, 0) is 0 Å². The Balaban J connectivity index is 2.67. The summed E-state index contributed by atoms with van der Waals surface area (Å²) in [7, 11) is 0. The molecule has 1 aliphatic rings. The van der Waals surface area contributed by atoms with Crippen LogP contribution in [0.5, 0.6) is 0 Å². The molecule has 0 bridgehead atoms. The van der Waals surface area contributed by atoms with Crippen molar-refractivity contribution >= 4 is 11.9 Å². The summed E-state index contributed by atoms with van der Waals surface area (Å²) >= 11 is 0. The van der Waals surface area contributed by atoms with Crippen LogP contribution in [0.1, 0.15) is 33.1 Å². The van der Waals surface area contributed by atoms with Crippen LogP contribution in [0.25, 0.3) is 0 Å². The summed E-state index contributed by atoms with van der Waals surface area (Å²) in [5.41, 5.74) is 8.76. The van der Waals surface area contributed by atoms with Gasteiger partial charge in [0.2, 0.25) is 0 Å². The van der Waals surface area contributed by atoms with E-state index in [4.69, 9.17) is 11.1 Å². The number of allylic oxidation sites excluding steroid dienone is 2. The van der Waals surface area contributed by atoms with E-state index in [2.05, 4.69) is 16.9 Å². The van der Waals surface area contributed by atoms with Crippen molar-refractivity contribution in [3.8, 4) is 0 Å². The standard InChI is InChI=1S/C14H24N4/c1-10(2)13(6-7-15)18-11(3)9-14-12(16)5-4-8-17-14/h6-7,12,14-15,17H,1,4-5,8-9,16H2,2-3H3/b13-6-,15-7?,18-11?. The van der Waals surface area contributed by atoms with Gasteiger partial charge < -0.3 is 16.5 Å². The van der Waals surface area contributed by atoms with Crippen LogP contribution in [0.3, 0.4) is 0 Å². The fraction of sp³-hybridized carbons (Fsp3) is 0.571. The normalized spacial score (nSPS) is 25.9. The first kappa shape index (κ1) is 14.8. The van der Waals surface area contributed by atoms with Gasteiger partial charge in [-0.15, -0.1) is 0 Å². The molecule has 1 fully saturated rings. The zero-order valence-corrected chi connectivity index (χ0v) is 11.4. The molecule has 0 aliphatic carbocycles. The molecule has 0 saturated carbocycles. The third-order valence-electron chi connectivity index (χ3n) is 3.14. The van der Waals surface area contributed by atoms with Crippen molar-refractivity contribution in [3.63, 3.8) is 0 Å². The lowest BCUT2D eigenvalue weighted by Gasteiger charge is -2.29. The van der Waals surface area contributed by atoms with Crippen molar-refractivity contribution in [3.05, 3.63) is 23.9 Å². The summed E-state index contributed by atoms with van der Waals surface area (Å²) in [4.78, 5) is 4.53. The zero-order chi connectivity index (χ0) is 13.5. The highest BCUT2D eigenvalue weighted by Crippen LogP contribution is 2.13. The lowest BCUT2D eigenvalue weighted by atomic mass is 9.95. The maximum absolute atomic E-state index is 7.11. The van der Waals surface area contributed by atoms with E-state index in [1.54, 1.807) is 6.08 Å². The van der Waals surface area contributed by atoms with Gasteiger partial charge in [-0.1, -0.05) is 6.58 Å². The van der Waals surface area contributed by atoms with Crippen molar-refractivity contribution < 1.29 is 0 Å². The zero-order valence-electron chi connectivity index (χ0n) is 11.4. The first-order chi connectivity index (χ1) is 8.54. The Bertz CT molecular complexity index is 368. The molecule has 0 radical (unpaired) electrons. The van der Waals surface area contributed by atoms with Crippen molar-refractivity contribution in [1.82, 2.24) is 5.32 Å². The first-order valence-electron chi connectivity index (χ1n) is 6.44. The first-order valence-corrected chi connectivity index (χ1v) is 6.44. The Morgan fingerprint density at radius 2 is 2.28 bits per heavy atom. The van der Waals surface area contributed by atoms with Crippen molar-refractivity contribution in [2.45, 2.75) is 45.2 Å². The molecule has 0 aromatic heterocycles. The Hall–Kier alpha value is -1.26. The molecule has 18 heavy (non-hydrogen) atoms. The Morgan fingerprint density at radius 1 is 1.56 bits per heavy atom. The summed E-state index contributed by atoms with van der Waals surface area (Å²) in [6.07, 6.45) is 5.99. The quantitative estimate of drug-likeness (QED) is 0.514. The molecule has 0 spiro atoms. The molecule has 2 atom stereocenters. The molecule has 1 saturated heterocycles. The molecular formula is C14H24N4. The van der Waals surface area contributed by atoms with Gasteiger partial charge in [0, 0.05) is 30.4 Å². The lowest BCUT2D eigenvalue weighted by Crippen LogP contribution is -2.50. The van der Waals surface area contributed by atoms with Crippen molar-refractivity contribution in [2.24, 2.45) is 10.7 Å². The van der Waals surface area contributed by atoms with Crippen LogP contribution in [-0.4, -0.2) is 30.6 Å². The second-order valence-electron chi connectivity index (χ2n) is 4.92. The Kier molecular flexibility index (Phi) is 5.95. The number of piperidine rings is 1. The van der Waals surface area contributed by atoms with E-state index < -0.39 is 0 Å². The minimum Gasteiger partial charge on any atom is -0.326 e. The number of aliphatic imine (C=N–C) groups is 1. The molecule has 1 heterocycles. The molecule has 4 N–H and O–H groups in total. The minimum absolute atomic E-state index is 0.212. The number of hydrogen-bond acceptors (Lipinski definition) is 4. The van der Waals surface area contributed by atoms with Gasteiger partial charge in [0.1, 0.15) is 0 Å². The second-order valence-corrected chi connectivity index (χ2v) is 4.92. The highest BCUT2D eigenvalue weighted by Gasteiger charge is 2.21. The molecule has 1 aliphatic heterocycles. The Morgan fingerprint density at radius 3 is 2.83 bits per heavy atom. The fourth-order valence-corrected chi connectivity index (χ4v) is 2.12. The average molecular weight is 248 g/mol. The molecule has 2 unspecified atom stereocenters. The van der Waals surface area contributed by atoms with Crippen LogP contribution in [0, 0.1) is 5.41 Å². The number of nitrogens with zero attached hydrogens (tertiary/aromatic N) is 1. The summed E-state index contributed by atoms with van der Waals surface area (Å²) in [6, 6.07) is 0.526. The summed E-state index contributed by atoms with van der Waals surface area (Å²) in [5.74, 6) is 0. The van der Waals surface area contributed by atoms with Crippen LogP contribution >= 0.6 is 0 Å². The summed E-state index contributed by atoms with van der Waals surface area (Å²) in [5, 5.41) is 10.6. The summed E-state index contributed by atoms with van der Waals surface area (Å²) < 4.78 is 0. The van der Waals surface area contributed by atoms with Crippen LogP contribution in [0.15, 0.2) is 28.9 Å². The molecule has 4 nitrogen and oxygen atoms in total. The number of hydrogen-bond donors (Lipinski definition) is 3. The molecular weight excluding hydrogens is 224 g/mol. The maximum atomic E-state index is 7.11. The highest BCUT2D eigenvalue weighted by molar-refractivity contribution is 5.85. The minimum atomic E-state index is 0.212. The maximum Gasteiger partial charge on any atom is 0.0667 e. The number of nitrogens with one attached hydrogen (secondary N) is 2. The summed E-state index contributed by atoms with van der Waals surface area (Å²) in [6.45, 7) is 8.81. The number of rotatable bonds is 5. The van der Waals surface area contributed by atoms with E-state index in [1.807, 2.05) is 13.8 Å². The smallest absolute Gasteiger partial charge is 0.0667 e. The van der Waals surface area contributed by atoms with Gasteiger partial charge in [0.15, 0.2) is 0 Å². The van der Waals surface area contributed by atoms with Crippen LogP contribution in [0.4, 0.5) is 0 Å². The number of nitrogens with two attached hydrogens (primary N) is 1. The van der Waals surface area contributed by atoms with E-state index in [0.29, 0.717) is 6.04 Å². The van der Waals surface area contributed by atoms with E-state index in [1.165, 1.54) is 6.21 Å². The van der Waals surface area contributed by atoms with Crippen molar-refractivity contribution in [2.75, 3.05) is 6.54 Å². The van der Waals surface area contributed by atoms with Crippen LogP contribution in [0.2, 0.25) is 0 Å². The van der Waals surface area contributed by atoms with E-state index in [0.717, 1.165) is 42.8 Å². The second kappa shape index (κ2) is 7.24. The SMILES string of the molecule is C=C(C)/C(=C/C=N)N=C(C)CC1NCCCC1N. The molecule has 0 aromatic carbocycles. The molecule has 0 amide bonds. The fourth-order valence-electron chi connectivity index (χ4n) is 2.12. The average Bonchev–Trinajstić information content (AvgIpc) is 2.31. The van der Waals surface area contributed by atoms with Gasteiger partial charge in [0.25, 0.3) is 0 Å².